The van der Waals surface area contributed by atoms with Gasteiger partial charge in [-0.1, -0.05) is 6.42 Å². The van der Waals surface area contributed by atoms with Crippen molar-refractivity contribution in [1.29, 1.82) is 0 Å². The van der Waals surface area contributed by atoms with E-state index in [-0.39, 0.29) is 5.91 Å². The summed E-state index contributed by atoms with van der Waals surface area (Å²) in [6.07, 6.45) is 4.40. The fraction of sp³-hybridized carbons (Fsp3) is 0.889. The minimum atomic E-state index is -0.262. The van der Waals surface area contributed by atoms with Crippen molar-refractivity contribution >= 4 is 5.91 Å². The van der Waals surface area contributed by atoms with E-state index in [4.69, 9.17) is 11.5 Å². The highest BCUT2D eigenvalue weighted by Crippen LogP contribution is 2.20. The fourth-order valence-corrected chi connectivity index (χ4v) is 1.98. The summed E-state index contributed by atoms with van der Waals surface area (Å²) >= 11 is 0. The SMILES string of the molecule is CN(CC(N)=O)C1CCCC(N)C1. The summed E-state index contributed by atoms with van der Waals surface area (Å²) < 4.78 is 0. The maximum Gasteiger partial charge on any atom is 0.231 e. The van der Waals surface area contributed by atoms with Crippen LogP contribution in [0.1, 0.15) is 25.7 Å². The van der Waals surface area contributed by atoms with E-state index in [0.29, 0.717) is 18.6 Å². The van der Waals surface area contributed by atoms with Crippen LogP contribution in [0.25, 0.3) is 0 Å². The minimum Gasteiger partial charge on any atom is -0.369 e. The van der Waals surface area contributed by atoms with Crippen molar-refractivity contribution in [3.05, 3.63) is 0 Å². The summed E-state index contributed by atoms with van der Waals surface area (Å²) in [5, 5.41) is 0. The maximum absolute atomic E-state index is 10.7. The smallest absolute Gasteiger partial charge is 0.231 e. The van der Waals surface area contributed by atoms with Crippen molar-refractivity contribution in [3.8, 4) is 0 Å². The molecule has 2 atom stereocenters. The number of nitrogens with zero attached hydrogens (tertiary/aromatic N) is 1. The van der Waals surface area contributed by atoms with Gasteiger partial charge in [-0.2, -0.15) is 0 Å². The van der Waals surface area contributed by atoms with E-state index in [0.717, 1.165) is 25.7 Å². The molecule has 4 heteroatoms. The van der Waals surface area contributed by atoms with Gasteiger partial charge in [-0.05, 0) is 26.3 Å². The van der Waals surface area contributed by atoms with Gasteiger partial charge >= 0.3 is 0 Å². The molecule has 1 saturated carbocycles. The van der Waals surface area contributed by atoms with Crippen molar-refractivity contribution in [2.24, 2.45) is 11.5 Å². The molecule has 1 rings (SSSR count). The first-order chi connectivity index (χ1) is 6.09. The maximum atomic E-state index is 10.7. The topological polar surface area (TPSA) is 72.3 Å². The lowest BCUT2D eigenvalue weighted by molar-refractivity contribution is -0.119. The third-order valence-electron chi connectivity index (χ3n) is 2.72. The Kier molecular flexibility index (Phi) is 3.69. The summed E-state index contributed by atoms with van der Waals surface area (Å²) in [4.78, 5) is 12.7. The second kappa shape index (κ2) is 4.58. The lowest BCUT2D eigenvalue weighted by Crippen LogP contribution is -2.43. The largest absolute Gasteiger partial charge is 0.369 e. The molecule has 0 radical (unpaired) electrons. The van der Waals surface area contributed by atoms with Gasteiger partial charge in [-0.15, -0.1) is 0 Å². The molecule has 0 aliphatic heterocycles. The Morgan fingerprint density at radius 3 is 2.77 bits per heavy atom. The number of hydrogen-bond donors (Lipinski definition) is 2. The molecule has 76 valence electrons. The van der Waals surface area contributed by atoms with Crippen LogP contribution in [0.2, 0.25) is 0 Å². The van der Waals surface area contributed by atoms with Crippen LogP contribution in [0.15, 0.2) is 0 Å². The quantitative estimate of drug-likeness (QED) is 0.632. The first kappa shape index (κ1) is 10.5. The van der Waals surface area contributed by atoms with E-state index in [1.165, 1.54) is 0 Å². The molecule has 0 saturated heterocycles. The Bertz CT molecular complexity index is 184. The van der Waals surface area contributed by atoms with Gasteiger partial charge < -0.3 is 11.5 Å². The molecular weight excluding hydrogens is 166 g/mol. The third-order valence-corrected chi connectivity index (χ3v) is 2.72. The van der Waals surface area contributed by atoms with Gasteiger partial charge in [0.25, 0.3) is 0 Å². The number of nitrogens with two attached hydrogens (primary N) is 2. The van der Waals surface area contributed by atoms with Crippen LogP contribution in [0.4, 0.5) is 0 Å². The molecule has 0 aromatic carbocycles. The van der Waals surface area contributed by atoms with E-state index in [1.807, 2.05) is 11.9 Å². The Labute approximate surface area is 79.3 Å². The average molecular weight is 185 g/mol. The van der Waals surface area contributed by atoms with Gasteiger partial charge in [0.2, 0.25) is 5.91 Å². The Hall–Kier alpha value is -0.610. The number of carbonyl (C=O) groups is 1. The van der Waals surface area contributed by atoms with E-state index < -0.39 is 0 Å². The monoisotopic (exact) mass is 185 g/mol. The Balaban J connectivity index is 2.36. The van der Waals surface area contributed by atoms with Crippen molar-refractivity contribution in [1.82, 2.24) is 4.90 Å². The van der Waals surface area contributed by atoms with E-state index in [2.05, 4.69) is 0 Å². The third kappa shape index (κ3) is 3.32. The number of rotatable bonds is 3. The van der Waals surface area contributed by atoms with Gasteiger partial charge in [0.1, 0.15) is 0 Å². The summed E-state index contributed by atoms with van der Waals surface area (Å²) in [6.45, 7) is 0.345. The second-order valence-corrected chi connectivity index (χ2v) is 3.96. The van der Waals surface area contributed by atoms with Gasteiger partial charge in [0.05, 0.1) is 6.54 Å². The first-order valence-corrected chi connectivity index (χ1v) is 4.83. The minimum absolute atomic E-state index is 0.262. The zero-order valence-corrected chi connectivity index (χ0v) is 8.20. The number of amides is 1. The van der Waals surface area contributed by atoms with Crippen LogP contribution in [0.3, 0.4) is 0 Å². The van der Waals surface area contributed by atoms with Crippen LogP contribution in [0.5, 0.6) is 0 Å². The highest BCUT2D eigenvalue weighted by Gasteiger charge is 2.22. The molecule has 13 heavy (non-hydrogen) atoms. The molecule has 1 aliphatic rings. The molecule has 1 amide bonds. The molecule has 1 aliphatic carbocycles. The van der Waals surface area contributed by atoms with Crippen LogP contribution >= 0.6 is 0 Å². The first-order valence-electron chi connectivity index (χ1n) is 4.83. The zero-order valence-electron chi connectivity index (χ0n) is 8.20. The average Bonchev–Trinajstić information content (AvgIpc) is 2.03. The van der Waals surface area contributed by atoms with Crippen molar-refractivity contribution in [2.75, 3.05) is 13.6 Å². The molecule has 1 fully saturated rings. The molecule has 0 aromatic rings. The van der Waals surface area contributed by atoms with Gasteiger partial charge in [-0.3, -0.25) is 9.69 Å². The standard InChI is InChI=1S/C9H19N3O/c1-12(6-9(11)13)8-4-2-3-7(10)5-8/h7-8H,2-6,10H2,1H3,(H2,11,13). The highest BCUT2D eigenvalue weighted by atomic mass is 16.1. The molecule has 4 nitrogen and oxygen atoms in total. The fourth-order valence-electron chi connectivity index (χ4n) is 1.98. The lowest BCUT2D eigenvalue weighted by atomic mass is 9.91. The normalized spacial score (nSPS) is 29.2. The second-order valence-electron chi connectivity index (χ2n) is 3.96. The molecule has 4 N–H and O–H groups in total. The highest BCUT2D eigenvalue weighted by molar-refractivity contribution is 5.75. The van der Waals surface area contributed by atoms with Crippen LogP contribution in [-0.2, 0) is 4.79 Å². The summed E-state index contributed by atoms with van der Waals surface area (Å²) in [6, 6.07) is 0.741. The predicted octanol–water partition coefficient (Wildman–Crippen LogP) is -0.327. The summed E-state index contributed by atoms with van der Waals surface area (Å²) in [5.74, 6) is -0.262. The summed E-state index contributed by atoms with van der Waals surface area (Å²) in [7, 11) is 1.94. The van der Waals surface area contributed by atoms with Crippen molar-refractivity contribution in [2.45, 2.75) is 37.8 Å². The van der Waals surface area contributed by atoms with E-state index >= 15 is 0 Å². The van der Waals surface area contributed by atoms with Gasteiger partial charge in [0, 0.05) is 12.1 Å². The molecule has 0 spiro atoms. The number of carbonyl (C=O) groups excluding carboxylic acids is 1. The van der Waals surface area contributed by atoms with Crippen molar-refractivity contribution < 1.29 is 4.79 Å². The number of likely N-dealkylation sites (N-methyl/N-ethyl adjacent to an activating group) is 1. The zero-order chi connectivity index (χ0) is 9.84. The van der Waals surface area contributed by atoms with Gasteiger partial charge in [0.15, 0.2) is 0 Å². The van der Waals surface area contributed by atoms with Crippen LogP contribution in [-0.4, -0.2) is 36.5 Å². The molecule has 2 unspecified atom stereocenters. The molecular formula is C9H19N3O. The van der Waals surface area contributed by atoms with E-state index in [9.17, 15) is 4.79 Å². The number of hydrogen-bond acceptors (Lipinski definition) is 3. The van der Waals surface area contributed by atoms with Crippen molar-refractivity contribution in [3.63, 3.8) is 0 Å². The summed E-state index contributed by atoms with van der Waals surface area (Å²) in [5.41, 5.74) is 11.0. The molecule has 0 heterocycles. The Morgan fingerprint density at radius 2 is 2.23 bits per heavy atom. The molecule has 0 aromatic heterocycles. The van der Waals surface area contributed by atoms with Crippen LogP contribution < -0.4 is 11.5 Å². The van der Waals surface area contributed by atoms with Crippen LogP contribution in [0, 0.1) is 0 Å². The lowest BCUT2D eigenvalue weighted by Gasteiger charge is -2.33. The van der Waals surface area contributed by atoms with E-state index in [1.54, 1.807) is 0 Å². The number of primary amides is 1. The van der Waals surface area contributed by atoms with Gasteiger partial charge in [-0.25, -0.2) is 0 Å². The Morgan fingerprint density at radius 1 is 1.54 bits per heavy atom. The molecule has 0 bridgehead atoms. The predicted molar refractivity (Wildman–Crippen MR) is 52.1 cm³/mol.